The van der Waals surface area contributed by atoms with E-state index in [0.29, 0.717) is 0 Å². The van der Waals surface area contributed by atoms with Crippen LogP contribution < -0.4 is 4.90 Å². The molecule has 0 saturated carbocycles. The van der Waals surface area contributed by atoms with E-state index < -0.39 is 0 Å². The SMILES string of the molecule is C=C1/C=C(c2ccccc2)\C=C/CC(/C=C\C)=C(/C=C\C)N1c1ccc2c(c1)C(C)(C)c1c-2ccc2oc3ccccc3c12. The second kappa shape index (κ2) is 10.9. The molecule has 7 rings (SSSR count). The van der Waals surface area contributed by atoms with Crippen LogP contribution in [0, 0.1) is 0 Å². The van der Waals surface area contributed by atoms with Crippen LogP contribution in [-0.2, 0) is 5.41 Å². The number of anilines is 1. The van der Waals surface area contributed by atoms with Gasteiger partial charge >= 0.3 is 0 Å². The fourth-order valence-corrected chi connectivity index (χ4v) is 7.07. The van der Waals surface area contributed by atoms with Crippen molar-refractivity contribution < 1.29 is 4.42 Å². The summed E-state index contributed by atoms with van der Waals surface area (Å²) in [6, 6.07) is 30.3. The van der Waals surface area contributed by atoms with Crippen molar-refractivity contribution in [1.82, 2.24) is 0 Å². The van der Waals surface area contributed by atoms with E-state index in [1.54, 1.807) is 0 Å². The van der Waals surface area contributed by atoms with E-state index in [9.17, 15) is 0 Å². The number of rotatable bonds is 4. The van der Waals surface area contributed by atoms with Crippen molar-refractivity contribution in [2.24, 2.45) is 0 Å². The van der Waals surface area contributed by atoms with Gasteiger partial charge in [-0.25, -0.2) is 0 Å². The fraction of sp³-hybridized carbons (Fsp3) is 0.143. The van der Waals surface area contributed by atoms with E-state index in [0.717, 1.165) is 40.2 Å². The molecule has 0 radical (unpaired) electrons. The molecule has 0 unspecified atom stereocenters. The first kappa shape index (κ1) is 27.7. The van der Waals surface area contributed by atoms with Crippen molar-refractivity contribution in [3.8, 4) is 11.1 Å². The highest BCUT2D eigenvalue weighted by molar-refractivity contribution is 6.11. The molecule has 2 heteroatoms. The van der Waals surface area contributed by atoms with Crippen LogP contribution in [0.5, 0.6) is 0 Å². The van der Waals surface area contributed by atoms with Crippen LogP contribution >= 0.6 is 0 Å². The Balaban J connectivity index is 1.43. The van der Waals surface area contributed by atoms with E-state index in [-0.39, 0.29) is 5.41 Å². The van der Waals surface area contributed by atoms with E-state index >= 15 is 0 Å². The lowest BCUT2D eigenvalue weighted by Crippen LogP contribution is -2.22. The van der Waals surface area contributed by atoms with Crippen molar-refractivity contribution in [2.45, 2.75) is 39.5 Å². The van der Waals surface area contributed by atoms with E-state index in [1.165, 1.54) is 44.2 Å². The van der Waals surface area contributed by atoms with Gasteiger partial charge in [0.15, 0.2) is 0 Å². The average molecular weight is 572 g/mol. The first-order valence-electron chi connectivity index (χ1n) is 15.4. The van der Waals surface area contributed by atoms with Crippen LogP contribution in [0.15, 0.2) is 155 Å². The van der Waals surface area contributed by atoms with E-state index in [1.807, 2.05) is 6.07 Å². The molecule has 0 bridgehead atoms. The van der Waals surface area contributed by atoms with Crippen LogP contribution in [0.25, 0.3) is 38.6 Å². The first-order chi connectivity index (χ1) is 21.4. The highest BCUT2D eigenvalue weighted by atomic mass is 16.3. The molecular weight excluding hydrogens is 534 g/mol. The molecule has 0 atom stereocenters. The zero-order valence-corrected chi connectivity index (χ0v) is 25.9. The lowest BCUT2D eigenvalue weighted by Gasteiger charge is -2.30. The van der Waals surface area contributed by atoms with Gasteiger partial charge in [-0.2, -0.15) is 0 Å². The number of fused-ring (bicyclic) bond motifs is 7. The Labute approximate surface area is 260 Å². The molecule has 216 valence electrons. The summed E-state index contributed by atoms with van der Waals surface area (Å²) in [5.74, 6) is 0. The van der Waals surface area contributed by atoms with Crippen LogP contribution in [0.1, 0.15) is 50.8 Å². The lowest BCUT2D eigenvalue weighted by molar-refractivity contribution is 0.657. The highest BCUT2D eigenvalue weighted by Gasteiger charge is 2.38. The molecule has 44 heavy (non-hydrogen) atoms. The molecular formula is C42H37NO. The maximum atomic E-state index is 6.31. The molecule has 2 nitrogen and oxygen atoms in total. The van der Waals surface area contributed by atoms with E-state index in [4.69, 9.17) is 4.42 Å². The van der Waals surface area contributed by atoms with Crippen LogP contribution in [0.3, 0.4) is 0 Å². The molecule has 1 aliphatic heterocycles. The molecule has 0 fully saturated rings. The summed E-state index contributed by atoms with van der Waals surface area (Å²) < 4.78 is 6.31. The summed E-state index contributed by atoms with van der Waals surface area (Å²) in [7, 11) is 0. The molecule has 1 aliphatic carbocycles. The van der Waals surface area contributed by atoms with Gasteiger partial charge in [0.1, 0.15) is 11.2 Å². The zero-order chi connectivity index (χ0) is 30.4. The molecule has 4 aromatic carbocycles. The Kier molecular flexibility index (Phi) is 6.86. The standard InChI is InChI=1S/C42H37NO/c1-6-14-30-18-13-19-31(29-16-9-8-10-17-29)26-28(3)43(37(30)15-7-2)32-22-23-33-34-24-25-39-40(35-20-11-12-21-38(35)44-39)41(34)42(4,5)36(33)27-32/h6-17,19-27H,3,18H2,1-2,4-5H3/b14-6-,15-7-,19-13-,31-26+,37-30-. The van der Waals surface area contributed by atoms with Crippen molar-refractivity contribution in [1.29, 1.82) is 0 Å². The normalized spacial score (nSPS) is 20.0. The number of hydrogen-bond donors (Lipinski definition) is 0. The number of hydrogen-bond acceptors (Lipinski definition) is 2. The number of furan rings is 1. The molecule has 5 aromatic rings. The Morgan fingerprint density at radius 2 is 1.57 bits per heavy atom. The minimum atomic E-state index is -0.225. The maximum absolute atomic E-state index is 6.31. The van der Waals surface area contributed by atoms with Gasteiger partial charge in [-0.3, -0.25) is 0 Å². The summed E-state index contributed by atoms with van der Waals surface area (Å²) in [6.45, 7) is 13.5. The van der Waals surface area contributed by atoms with Crippen molar-refractivity contribution >= 4 is 33.2 Å². The van der Waals surface area contributed by atoms with E-state index in [2.05, 4.69) is 161 Å². The monoisotopic (exact) mass is 571 g/mol. The molecule has 1 aromatic heterocycles. The van der Waals surface area contributed by atoms with Gasteiger partial charge in [-0.1, -0.05) is 111 Å². The van der Waals surface area contributed by atoms with Gasteiger partial charge in [0.25, 0.3) is 0 Å². The first-order valence-corrected chi connectivity index (χ1v) is 15.4. The fourth-order valence-electron chi connectivity index (χ4n) is 7.07. The van der Waals surface area contributed by atoms with Gasteiger partial charge in [0.05, 0.1) is 0 Å². The summed E-state index contributed by atoms with van der Waals surface area (Å²) in [6.07, 6.45) is 16.2. The predicted octanol–water partition coefficient (Wildman–Crippen LogP) is 11.7. The van der Waals surface area contributed by atoms with Crippen molar-refractivity contribution in [3.63, 3.8) is 0 Å². The number of allylic oxidation sites excluding steroid dienone is 9. The van der Waals surface area contributed by atoms with Gasteiger partial charge in [-0.05, 0) is 95.6 Å². The van der Waals surface area contributed by atoms with Crippen molar-refractivity contribution in [2.75, 3.05) is 4.90 Å². The highest BCUT2D eigenvalue weighted by Crippen LogP contribution is 2.54. The topological polar surface area (TPSA) is 16.4 Å². The van der Waals surface area contributed by atoms with Gasteiger partial charge in [0, 0.05) is 33.3 Å². The molecule has 0 amide bonds. The summed E-state index contributed by atoms with van der Waals surface area (Å²) in [4.78, 5) is 2.33. The second-order valence-corrected chi connectivity index (χ2v) is 12.1. The van der Waals surface area contributed by atoms with Crippen LogP contribution in [0.2, 0.25) is 0 Å². The summed E-state index contributed by atoms with van der Waals surface area (Å²) in [5, 5.41) is 2.40. The quantitative estimate of drug-likeness (QED) is 0.213. The van der Waals surface area contributed by atoms with Gasteiger partial charge in [-0.15, -0.1) is 0 Å². The van der Waals surface area contributed by atoms with Crippen molar-refractivity contribution in [3.05, 3.63) is 168 Å². The number of benzene rings is 4. The zero-order valence-electron chi connectivity index (χ0n) is 25.9. The van der Waals surface area contributed by atoms with Crippen LogP contribution in [-0.4, -0.2) is 0 Å². The molecule has 2 aliphatic rings. The Morgan fingerprint density at radius 1 is 0.818 bits per heavy atom. The third-order valence-electron chi connectivity index (χ3n) is 9.01. The van der Waals surface area contributed by atoms with Crippen LogP contribution in [0.4, 0.5) is 5.69 Å². The second-order valence-electron chi connectivity index (χ2n) is 12.1. The largest absolute Gasteiger partial charge is 0.456 e. The molecule has 0 spiro atoms. The minimum Gasteiger partial charge on any atom is -0.456 e. The van der Waals surface area contributed by atoms with Gasteiger partial charge < -0.3 is 9.32 Å². The summed E-state index contributed by atoms with van der Waals surface area (Å²) in [5.41, 5.74) is 13.6. The number of para-hydroxylation sites is 1. The third-order valence-corrected chi connectivity index (χ3v) is 9.01. The molecule has 0 saturated heterocycles. The molecule has 0 N–H and O–H groups in total. The molecule has 2 heterocycles. The minimum absolute atomic E-state index is 0.225. The lowest BCUT2D eigenvalue weighted by atomic mass is 9.80. The predicted molar refractivity (Wildman–Crippen MR) is 188 cm³/mol. The third kappa shape index (κ3) is 4.41. The van der Waals surface area contributed by atoms with Gasteiger partial charge in [0.2, 0.25) is 0 Å². The smallest absolute Gasteiger partial charge is 0.135 e. The Bertz CT molecular complexity index is 2090. The Morgan fingerprint density at radius 3 is 2.36 bits per heavy atom. The average Bonchev–Trinajstić information content (AvgIpc) is 3.53. The Hall–Kier alpha value is -5.08. The number of nitrogens with zero attached hydrogens (tertiary/aromatic N) is 1. The summed E-state index contributed by atoms with van der Waals surface area (Å²) >= 11 is 0. The maximum Gasteiger partial charge on any atom is 0.135 e.